The molecule has 1 aromatic rings. The van der Waals surface area contributed by atoms with Crippen LogP contribution in [0.25, 0.3) is 0 Å². The maximum atomic E-state index is 3.70. The van der Waals surface area contributed by atoms with Gasteiger partial charge in [-0.3, -0.25) is 0 Å². The molecular formula is C18H31BrN2. The standard InChI is InChI=1S/C18H31BrN2/c1-6-11-20-17(18(2,3)4)10-12-21(5)14-15-8-7-9-16(19)13-15/h7-9,13,17,20H,6,10-12,14H2,1-5H3. The van der Waals surface area contributed by atoms with Crippen LogP contribution in [0.5, 0.6) is 0 Å². The number of nitrogens with one attached hydrogen (secondary N) is 1. The molecule has 0 aliphatic rings. The van der Waals surface area contributed by atoms with Crippen LogP contribution in [0.1, 0.15) is 46.1 Å². The number of benzene rings is 1. The summed E-state index contributed by atoms with van der Waals surface area (Å²) >= 11 is 3.54. The zero-order valence-electron chi connectivity index (χ0n) is 14.2. The monoisotopic (exact) mass is 354 g/mol. The van der Waals surface area contributed by atoms with Crippen molar-refractivity contribution in [2.75, 3.05) is 20.1 Å². The summed E-state index contributed by atoms with van der Waals surface area (Å²) in [5, 5.41) is 3.70. The molecule has 1 rings (SSSR count). The van der Waals surface area contributed by atoms with Crippen molar-refractivity contribution >= 4 is 15.9 Å². The normalized spacial score (nSPS) is 13.7. The molecule has 0 amide bonds. The van der Waals surface area contributed by atoms with Gasteiger partial charge in [-0.2, -0.15) is 0 Å². The van der Waals surface area contributed by atoms with Crippen molar-refractivity contribution in [3.63, 3.8) is 0 Å². The fraction of sp³-hybridized carbons (Fsp3) is 0.667. The first-order valence-electron chi connectivity index (χ1n) is 7.99. The third-order valence-corrected chi connectivity index (χ3v) is 4.32. The van der Waals surface area contributed by atoms with Crippen molar-refractivity contribution < 1.29 is 0 Å². The van der Waals surface area contributed by atoms with E-state index in [0.717, 1.165) is 24.1 Å². The SMILES string of the molecule is CCCNC(CCN(C)Cc1cccc(Br)c1)C(C)(C)C. The Morgan fingerprint density at radius 2 is 2.00 bits per heavy atom. The van der Waals surface area contributed by atoms with Crippen molar-refractivity contribution in [3.8, 4) is 0 Å². The van der Waals surface area contributed by atoms with Crippen LogP contribution in [-0.4, -0.2) is 31.1 Å². The van der Waals surface area contributed by atoms with Crippen LogP contribution in [-0.2, 0) is 6.54 Å². The van der Waals surface area contributed by atoms with Gasteiger partial charge in [-0.1, -0.05) is 55.8 Å². The van der Waals surface area contributed by atoms with Gasteiger partial charge in [0.25, 0.3) is 0 Å². The van der Waals surface area contributed by atoms with Crippen molar-refractivity contribution in [3.05, 3.63) is 34.3 Å². The second-order valence-corrected chi connectivity index (χ2v) is 7.94. The maximum absolute atomic E-state index is 3.70. The van der Waals surface area contributed by atoms with Crippen LogP contribution in [0, 0.1) is 5.41 Å². The quantitative estimate of drug-likeness (QED) is 0.728. The molecule has 0 saturated carbocycles. The van der Waals surface area contributed by atoms with E-state index in [1.165, 1.54) is 18.4 Å². The summed E-state index contributed by atoms with van der Waals surface area (Å²) in [6.07, 6.45) is 2.38. The predicted octanol–water partition coefficient (Wildman–Crippen LogP) is 4.69. The van der Waals surface area contributed by atoms with Gasteiger partial charge in [0.1, 0.15) is 0 Å². The van der Waals surface area contributed by atoms with Gasteiger partial charge in [0.15, 0.2) is 0 Å². The average Bonchev–Trinajstić information content (AvgIpc) is 2.37. The highest BCUT2D eigenvalue weighted by atomic mass is 79.9. The molecule has 0 aromatic heterocycles. The van der Waals surface area contributed by atoms with Gasteiger partial charge in [0.05, 0.1) is 0 Å². The summed E-state index contributed by atoms with van der Waals surface area (Å²) in [4.78, 5) is 2.41. The van der Waals surface area contributed by atoms with Gasteiger partial charge in [-0.05, 0) is 56.1 Å². The minimum absolute atomic E-state index is 0.311. The molecule has 3 heteroatoms. The number of hydrogen-bond donors (Lipinski definition) is 1. The summed E-state index contributed by atoms with van der Waals surface area (Å²) < 4.78 is 1.16. The average molecular weight is 355 g/mol. The van der Waals surface area contributed by atoms with E-state index in [2.05, 4.69) is 85.2 Å². The van der Waals surface area contributed by atoms with E-state index in [-0.39, 0.29) is 0 Å². The third kappa shape index (κ3) is 7.44. The van der Waals surface area contributed by atoms with Crippen LogP contribution in [0.4, 0.5) is 0 Å². The van der Waals surface area contributed by atoms with Crippen LogP contribution in [0.3, 0.4) is 0 Å². The third-order valence-electron chi connectivity index (χ3n) is 3.83. The van der Waals surface area contributed by atoms with Crippen molar-refractivity contribution in [1.29, 1.82) is 0 Å². The Morgan fingerprint density at radius 1 is 1.29 bits per heavy atom. The van der Waals surface area contributed by atoms with Crippen LogP contribution in [0.15, 0.2) is 28.7 Å². The second kappa shape index (κ2) is 8.92. The fourth-order valence-electron chi connectivity index (χ4n) is 2.54. The van der Waals surface area contributed by atoms with Gasteiger partial charge in [-0.25, -0.2) is 0 Å². The Morgan fingerprint density at radius 3 is 2.57 bits per heavy atom. The molecule has 21 heavy (non-hydrogen) atoms. The fourth-order valence-corrected chi connectivity index (χ4v) is 2.98. The molecule has 0 spiro atoms. The van der Waals surface area contributed by atoms with Gasteiger partial charge in [0, 0.05) is 17.1 Å². The van der Waals surface area contributed by atoms with Crippen LogP contribution in [0.2, 0.25) is 0 Å². The Bertz CT molecular complexity index is 412. The zero-order chi connectivity index (χ0) is 15.9. The molecule has 1 unspecified atom stereocenters. The van der Waals surface area contributed by atoms with E-state index < -0.39 is 0 Å². The number of halogens is 1. The molecule has 1 atom stereocenters. The van der Waals surface area contributed by atoms with Crippen molar-refractivity contribution in [1.82, 2.24) is 10.2 Å². The van der Waals surface area contributed by atoms with Crippen LogP contribution < -0.4 is 5.32 Å². The first-order chi connectivity index (χ1) is 9.82. The van der Waals surface area contributed by atoms with Crippen molar-refractivity contribution in [2.24, 2.45) is 5.41 Å². The lowest BCUT2D eigenvalue weighted by molar-refractivity contribution is 0.219. The predicted molar refractivity (Wildman–Crippen MR) is 96.6 cm³/mol. The van der Waals surface area contributed by atoms with E-state index in [4.69, 9.17) is 0 Å². The molecule has 2 nitrogen and oxygen atoms in total. The first-order valence-corrected chi connectivity index (χ1v) is 8.78. The van der Waals surface area contributed by atoms with Crippen LogP contribution >= 0.6 is 15.9 Å². The Balaban J connectivity index is 2.47. The molecule has 0 aliphatic carbocycles. The summed E-state index contributed by atoms with van der Waals surface area (Å²) in [7, 11) is 2.21. The molecule has 120 valence electrons. The topological polar surface area (TPSA) is 15.3 Å². The molecule has 0 heterocycles. The highest BCUT2D eigenvalue weighted by Crippen LogP contribution is 2.22. The molecule has 0 fully saturated rings. The second-order valence-electron chi connectivity index (χ2n) is 7.03. The number of nitrogens with zero attached hydrogens (tertiary/aromatic N) is 1. The summed E-state index contributed by atoms with van der Waals surface area (Å²) in [6.45, 7) is 12.4. The molecule has 0 aliphatic heterocycles. The molecule has 0 bridgehead atoms. The lowest BCUT2D eigenvalue weighted by atomic mass is 9.84. The molecule has 0 radical (unpaired) electrons. The maximum Gasteiger partial charge on any atom is 0.0231 e. The number of hydrogen-bond acceptors (Lipinski definition) is 2. The molecule has 1 aromatic carbocycles. The van der Waals surface area contributed by atoms with E-state index in [0.29, 0.717) is 11.5 Å². The van der Waals surface area contributed by atoms with Gasteiger partial charge < -0.3 is 10.2 Å². The molecular weight excluding hydrogens is 324 g/mol. The smallest absolute Gasteiger partial charge is 0.0231 e. The van der Waals surface area contributed by atoms with E-state index >= 15 is 0 Å². The van der Waals surface area contributed by atoms with E-state index in [9.17, 15) is 0 Å². The first kappa shape index (κ1) is 18.7. The number of rotatable bonds is 8. The molecule has 1 N–H and O–H groups in total. The summed E-state index contributed by atoms with van der Waals surface area (Å²) in [5.74, 6) is 0. The Hall–Kier alpha value is -0.380. The summed E-state index contributed by atoms with van der Waals surface area (Å²) in [6, 6.07) is 9.15. The highest BCUT2D eigenvalue weighted by Gasteiger charge is 2.23. The van der Waals surface area contributed by atoms with E-state index in [1.54, 1.807) is 0 Å². The lowest BCUT2D eigenvalue weighted by Crippen LogP contribution is -2.42. The zero-order valence-corrected chi connectivity index (χ0v) is 15.8. The largest absolute Gasteiger partial charge is 0.313 e. The minimum Gasteiger partial charge on any atom is -0.313 e. The highest BCUT2D eigenvalue weighted by molar-refractivity contribution is 9.10. The Kier molecular flexibility index (Phi) is 7.93. The Labute approximate surface area is 139 Å². The van der Waals surface area contributed by atoms with Gasteiger partial charge in [0.2, 0.25) is 0 Å². The van der Waals surface area contributed by atoms with Gasteiger partial charge >= 0.3 is 0 Å². The van der Waals surface area contributed by atoms with Crippen molar-refractivity contribution in [2.45, 2.75) is 53.1 Å². The molecule has 0 saturated heterocycles. The summed E-state index contributed by atoms with van der Waals surface area (Å²) in [5.41, 5.74) is 1.67. The van der Waals surface area contributed by atoms with E-state index in [1.807, 2.05) is 0 Å². The lowest BCUT2D eigenvalue weighted by Gasteiger charge is -2.33. The minimum atomic E-state index is 0.311. The van der Waals surface area contributed by atoms with Gasteiger partial charge in [-0.15, -0.1) is 0 Å².